The number of anilines is 2. The molecule has 0 bridgehead atoms. The van der Waals surface area contributed by atoms with E-state index in [1.807, 2.05) is 13.8 Å². The first-order valence-corrected chi connectivity index (χ1v) is 5.96. The van der Waals surface area contributed by atoms with E-state index in [-0.39, 0.29) is 17.6 Å². The number of rotatable bonds is 3. The normalized spacial score (nSPS) is 25.3. The summed E-state index contributed by atoms with van der Waals surface area (Å²) in [5, 5.41) is 13.0. The molecule has 1 amide bonds. The molecule has 0 radical (unpaired) electrons. The largest absolute Gasteiger partial charge is 0.397 e. The average Bonchev–Trinajstić information content (AvgIpc) is 2.30. The van der Waals surface area contributed by atoms with Crippen molar-refractivity contribution in [1.82, 2.24) is 0 Å². The number of hydrogen-bond acceptors (Lipinski definition) is 4. The zero-order valence-corrected chi connectivity index (χ0v) is 10.6. The molecular weight excluding hydrogens is 230 g/mol. The van der Waals surface area contributed by atoms with Gasteiger partial charge in [-0.15, -0.1) is 0 Å². The molecule has 5 heteroatoms. The monoisotopic (exact) mass is 249 g/mol. The first kappa shape index (κ1) is 12.7. The zero-order valence-electron chi connectivity index (χ0n) is 10.6. The van der Waals surface area contributed by atoms with Crippen LogP contribution >= 0.6 is 0 Å². The molecule has 1 saturated carbocycles. The Balaban J connectivity index is 2.19. The lowest BCUT2D eigenvalue weighted by molar-refractivity contribution is -0.0510. The predicted octanol–water partition coefficient (Wildman–Crippen LogP) is 0.939. The lowest BCUT2D eigenvalue weighted by Crippen LogP contribution is -2.56. The first-order chi connectivity index (χ1) is 8.32. The van der Waals surface area contributed by atoms with Crippen molar-refractivity contribution in [2.24, 2.45) is 11.1 Å². The molecular formula is C13H19N3O2. The first-order valence-electron chi connectivity index (χ1n) is 5.96. The van der Waals surface area contributed by atoms with E-state index < -0.39 is 5.91 Å². The van der Waals surface area contributed by atoms with Gasteiger partial charge in [-0.1, -0.05) is 13.8 Å². The predicted molar refractivity (Wildman–Crippen MR) is 71.2 cm³/mol. The van der Waals surface area contributed by atoms with Gasteiger partial charge in [-0.2, -0.15) is 0 Å². The molecule has 1 aliphatic carbocycles. The summed E-state index contributed by atoms with van der Waals surface area (Å²) in [6.07, 6.45) is 0.364. The van der Waals surface area contributed by atoms with Crippen LogP contribution in [0.25, 0.3) is 0 Å². The highest BCUT2D eigenvalue weighted by Gasteiger charge is 2.47. The van der Waals surface area contributed by atoms with Gasteiger partial charge in [0.1, 0.15) is 0 Å². The van der Waals surface area contributed by atoms with E-state index in [1.54, 1.807) is 18.2 Å². The van der Waals surface area contributed by atoms with E-state index in [0.29, 0.717) is 23.4 Å². The number of nitrogens with one attached hydrogen (secondary N) is 1. The fraction of sp³-hybridized carbons (Fsp3) is 0.462. The Morgan fingerprint density at radius 3 is 2.67 bits per heavy atom. The summed E-state index contributed by atoms with van der Waals surface area (Å²) in [5.74, 6) is -0.481. The van der Waals surface area contributed by atoms with E-state index in [2.05, 4.69) is 5.32 Å². The fourth-order valence-corrected chi connectivity index (χ4v) is 2.17. The zero-order chi connectivity index (χ0) is 13.5. The SMILES string of the molecule is CC1(C)C(O)CC1Nc1cc(C(N)=O)ccc1N. The van der Waals surface area contributed by atoms with E-state index in [1.165, 1.54) is 0 Å². The molecule has 6 N–H and O–H groups in total. The highest BCUT2D eigenvalue weighted by molar-refractivity contribution is 5.94. The standard InChI is InChI=1S/C13H19N3O2/c1-13(2)10(6-11(13)17)16-9-5-7(12(15)18)3-4-8(9)14/h3-5,10-11,16-17H,6,14H2,1-2H3,(H2,15,18). The topological polar surface area (TPSA) is 101 Å². The van der Waals surface area contributed by atoms with Gasteiger partial charge in [0.25, 0.3) is 0 Å². The number of aliphatic hydroxyl groups is 1. The Morgan fingerprint density at radius 1 is 1.50 bits per heavy atom. The van der Waals surface area contributed by atoms with Crippen LogP contribution in [0, 0.1) is 5.41 Å². The molecule has 0 aliphatic heterocycles. The number of carbonyl (C=O) groups is 1. The number of benzene rings is 1. The molecule has 0 aromatic heterocycles. The van der Waals surface area contributed by atoms with E-state index >= 15 is 0 Å². The fourth-order valence-electron chi connectivity index (χ4n) is 2.17. The van der Waals surface area contributed by atoms with Crippen molar-refractivity contribution in [3.8, 4) is 0 Å². The molecule has 2 rings (SSSR count). The van der Waals surface area contributed by atoms with Gasteiger partial charge in [-0.05, 0) is 24.6 Å². The van der Waals surface area contributed by atoms with E-state index in [9.17, 15) is 9.90 Å². The van der Waals surface area contributed by atoms with Crippen molar-refractivity contribution in [3.05, 3.63) is 23.8 Å². The molecule has 1 aromatic carbocycles. The van der Waals surface area contributed by atoms with Crippen molar-refractivity contribution >= 4 is 17.3 Å². The molecule has 0 heterocycles. The van der Waals surface area contributed by atoms with Gasteiger partial charge in [0.2, 0.25) is 5.91 Å². The quantitative estimate of drug-likeness (QED) is 0.599. The van der Waals surface area contributed by atoms with Crippen LogP contribution in [0.1, 0.15) is 30.6 Å². The summed E-state index contributed by atoms with van der Waals surface area (Å²) in [7, 11) is 0. The molecule has 1 aliphatic rings. The lowest BCUT2D eigenvalue weighted by Gasteiger charge is -2.50. The second kappa shape index (κ2) is 4.17. The Labute approximate surface area is 106 Å². The third kappa shape index (κ3) is 2.01. The van der Waals surface area contributed by atoms with Gasteiger partial charge >= 0.3 is 0 Å². The molecule has 0 spiro atoms. The third-order valence-corrected chi connectivity index (χ3v) is 3.88. The van der Waals surface area contributed by atoms with Gasteiger partial charge in [0, 0.05) is 17.0 Å². The van der Waals surface area contributed by atoms with Crippen LogP contribution < -0.4 is 16.8 Å². The van der Waals surface area contributed by atoms with Gasteiger partial charge < -0.3 is 21.9 Å². The molecule has 1 fully saturated rings. The maximum Gasteiger partial charge on any atom is 0.248 e. The number of primary amides is 1. The van der Waals surface area contributed by atoms with Crippen LogP contribution in [0.5, 0.6) is 0 Å². The maximum atomic E-state index is 11.1. The Hall–Kier alpha value is -1.75. The molecule has 18 heavy (non-hydrogen) atoms. The summed E-state index contributed by atoms with van der Waals surface area (Å²) in [6.45, 7) is 3.99. The molecule has 5 nitrogen and oxygen atoms in total. The smallest absolute Gasteiger partial charge is 0.248 e. The van der Waals surface area contributed by atoms with Gasteiger partial charge in [-0.3, -0.25) is 4.79 Å². The van der Waals surface area contributed by atoms with E-state index in [4.69, 9.17) is 11.5 Å². The molecule has 0 saturated heterocycles. The number of aliphatic hydroxyl groups excluding tert-OH is 1. The minimum absolute atomic E-state index is 0.137. The van der Waals surface area contributed by atoms with Crippen LogP contribution in [0.3, 0.4) is 0 Å². The lowest BCUT2D eigenvalue weighted by atomic mass is 9.64. The number of nitrogens with two attached hydrogens (primary N) is 2. The van der Waals surface area contributed by atoms with Crippen LogP contribution in [0.2, 0.25) is 0 Å². The highest BCUT2D eigenvalue weighted by atomic mass is 16.3. The number of hydrogen-bond donors (Lipinski definition) is 4. The minimum Gasteiger partial charge on any atom is -0.397 e. The summed E-state index contributed by atoms with van der Waals surface area (Å²) in [4.78, 5) is 11.1. The van der Waals surface area contributed by atoms with Crippen LogP contribution in [0.4, 0.5) is 11.4 Å². The average molecular weight is 249 g/mol. The van der Waals surface area contributed by atoms with Gasteiger partial charge in [0.05, 0.1) is 17.5 Å². The molecule has 1 aromatic rings. The summed E-state index contributed by atoms with van der Waals surface area (Å²) >= 11 is 0. The van der Waals surface area contributed by atoms with Gasteiger partial charge in [0.15, 0.2) is 0 Å². The van der Waals surface area contributed by atoms with Crippen molar-refractivity contribution in [2.45, 2.75) is 32.4 Å². The van der Waals surface area contributed by atoms with E-state index in [0.717, 1.165) is 0 Å². The van der Waals surface area contributed by atoms with Crippen molar-refractivity contribution in [2.75, 3.05) is 11.1 Å². The molecule has 2 atom stereocenters. The second-order valence-corrected chi connectivity index (χ2v) is 5.44. The highest BCUT2D eigenvalue weighted by Crippen LogP contribution is 2.42. The maximum absolute atomic E-state index is 11.1. The Morgan fingerprint density at radius 2 is 2.17 bits per heavy atom. The summed E-state index contributed by atoms with van der Waals surface area (Å²) < 4.78 is 0. The van der Waals surface area contributed by atoms with Crippen LogP contribution in [-0.4, -0.2) is 23.2 Å². The summed E-state index contributed by atoms with van der Waals surface area (Å²) in [5.41, 5.74) is 12.6. The van der Waals surface area contributed by atoms with Crippen molar-refractivity contribution in [1.29, 1.82) is 0 Å². The number of amides is 1. The minimum atomic E-state index is -0.481. The van der Waals surface area contributed by atoms with Crippen molar-refractivity contribution < 1.29 is 9.90 Å². The third-order valence-electron chi connectivity index (χ3n) is 3.88. The van der Waals surface area contributed by atoms with Crippen LogP contribution in [0.15, 0.2) is 18.2 Å². The van der Waals surface area contributed by atoms with Gasteiger partial charge in [-0.25, -0.2) is 0 Å². The number of nitrogen functional groups attached to an aromatic ring is 1. The van der Waals surface area contributed by atoms with Crippen LogP contribution in [-0.2, 0) is 0 Å². The number of carbonyl (C=O) groups excluding carboxylic acids is 1. The Kier molecular flexibility index (Phi) is 2.94. The summed E-state index contributed by atoms with van der Waals surface area (Å²) in [6, 6.07) is 5.05. The Bertz CT molecular complexity index is 485. The molecule has 98 valence electrons. The van der Waals surface area contributed by atoms with Crippen molar-refractivity contribution in [3.63, 3.8) is 0 Å². The molecule has 2 unspecified atom stereocenters. The second-order valence-electron chi connectivity index (χ2n) is 5.44.